The molecule has 0 aliphatic heterocycles. The summed E-state index contributed by atoms with van der Waals surface area (Å²) in [5.41, 5.74) is 2.83. The summed E-state index contributed by atoms with van der Waals surface area (Å²) >= 11 is 0. The first-order valence-corrected chi connectivity index (χ1v) is 9.76. The van der Waals surface area contributed by atoms with Crippen molar-refractivity contribution in [1.82, 2.24) is 0 Å². The lowest BCUT2D eigenvalue weighted by molar-refractivity contribution is 0.257. The van der Waals surface area contributed by atoms with Crippen molar-refractivity contribution >= 4 is 0 Å². The van der Waals surface area contributed by atoms with Crippen molar-refractivity contribution in [2.24, 2.45) is 11.8 Å². The maximum Gasteiger partial charge on any atom is 0.0662 e. The molecule has 1 aromatic carbocycles. The summed E-state index contributed by atoms with van der Waals surface area (Å²) in [6.07, 6.45) is 12.6. The molecule has 1 saturated carbocycles. The zero-order valence-electron chi connectivity index (χ0n) is 15.1. The maximum absolute atomic E-state index is 9.63. The zero-order valence-corrected chi connectivity index (χ0v) is 15.1. The first-order chi connectivity index (χ1) is 11.3. The normalized spacial score (nSPS) is 24.3. The third-order valence-corrected chi connectivity index (χ3v) is 5.57. The van der Waals surface area contributed by atoms with E-state index >= 15 is 0 Å². The first-order valence-electron chi connectivity index (χ1n) is 9.76. The Morgan fingerprint density at radius 3 is 2.39 bits per heavy atom. The van der Waals surface area contributed by atoms with Crippen LogP contribution in [0.15, 0.2) is 24.3 Å². The van der Waals surface area contributed by atoms with E-state index in [1.807, 2.05) is 0 Å². The summed E-state index contributed by atoms with van der Waals surface area (Å²) in [5.74, 6) is 1.46. The second-order valence-electron chi connectivity index (χ2n) is 7.36. The summed E-state index contributed by atoms with van der Waals surface area (Å²) in [7, 11) is 0. The summed E-state index contributed by atoms with van der Waals surface area (Å²) in [6.45, 7) is 4.50. The van der Waals surface area contributed by atoms with Crippen LogP contribution >= 0.6 is 0 Å². The number of aryl methyl sites for hydroxylation is 1. The molecule has 0 radical (unpaired) electrons. The van der Waals surface area contributed by atoms with Gasteiger partial charge in [-0.1, -0.05) is 70.2 Å². The standard InChI is InChI=1S/C22H33N/c1-3-5-7-9-19-12-15-22(21(16-19)17-23)20-13-10-18(11-14-20)8-6-4-2/h10-11,13-14,19,21-22H,3-9,12,15-16H2,1-2H3. The minimum Gasteiger partial charge on any atom is -0.198 e. The molecule has 3 unspecified atom stereocenters. The number of unbranched alkanes of at least 4 members (excludes halogenated alkanes) is 3. The van der Waals surface area contributed by atoms with Gasteiger partial charge in [-0.25, -0.2) is 0 Å². The minimum absolute atomic E-state index is 0.219. The highest BCUT2D eigenvalue weighted by Crippen LogP contribution is 2.41. The Bertz CT molecular complexity index is 482. The van der Waals surface area contributed by atoms with Crippen molar-refractivity contribution in [3.8, 4) is 6.07 Å². The lowest BCUT2D eigenvalue weighted by atomic mass is 9.70. The van der Waals surface area contributed by atoms with Crippen LogP contribution in [0.1, 0.15) is 88.7 Å². The van der Waals surface area contributed by atoms with E-state index in [-0.39, 0.29) is 5.92 Å². The zero-order chi connectivity index (χ0) is 16.5. The van der Waals surface area contributed by atoms with Crippen LogP contribution in [0.4, 0.5) is 0 Å². The molecule has 0 saturated heterocycles. The topological polar surface area (TPSA) is 23.8 Å². The molecular formula is C22H33N. The summed E-state index contributed by atoms with van der Waals surface area (Å²) in [5, 5.41) is 9.63. The van der Waals surface area contributed by atoms with Gasteiger partial charge in [0.05, 0.1) is 12.0 Å². The molecule has 0 bridgehead atoms. The molecule has 1 aliphatic rings. The first kappa shape index (κ1) is 18.1. The Kier molecular flexibility index (Phi) is 7.66. The number of hydrogen-bond acceptors (Lipinski definition) is 1. The second kappa shape index (κ2) is 9.76. The molecule has 2 rings (SSSR count). The largest absolute Gasteiger partial charge is 0.198 e. The van der Waals surface area contributed by atoms with E-state index in [0.29, 0.717) is 5.92 Å². The molecule has 1 heteroatoms. The molecule has 126 valence electrons. The Balaban J connectivity index is 1.93. The molecule has 0 heterocycles. The molecule has 0 aromatic heterocycles. The number of nitrogens with zero attached hydrogens (tertiary/aromatic N) is 1. The number of benzene rings is 1. The molecule has 1 aliphatic carbocycles. The monoisotopic (exact) mass is 311 g/mol. The van der Waals surface area contributed by atoms with Gasteiger partial charge in [0, 0.05) is 0 Å². The summed E-state index contributed by atoms with van der Waals surface area (Å²) in [6, 6.07) is 11.8. The van der Waals surface area contributed by atoms with Crippen molar-refractivity contribution in [2.75, 3.05) is 0 Å². The Labute approximate surface area is 143 Å². The fraction of sp³-hybridized carbons (Fsp3) is 0.682. The van der Waals surface area contributed by atoms with Gasteiger partial charge in [0.25, 0.3) is 0 Å². The molecule has 23 heavy (non-hydrogen) atoms. The third-order valence-electron chi connectivity index (χ3n) is 5.57. The van der Waals surface area contributed by atoms with Crippen LogP contribution in [0.2, 0.25) is 0 Å². The molecule has 1 nitrogen and oxygen atoms in total. The SMILES string of the molecule is CCCCCC1CCC(c2ccc(CCCC)cc2)C(C#N)C1. The summed E-state index contributed by atoms with van der Waals surface area (Å²) in [4.78, 5) is 0. The second-order valence-corrected chi connectivity index (χ2v) is 7.36. The van der Waals surface area contributed by atoms with E-state index < -0.39 is 0 Å². The molecule has 1 fully saturated rings. The lowest BCUT2D eigenvalue weighted by Crippen LogP contribution is -2.22. The highest BCUT2D eigenvalue weighted by atomic mass is 14.4. The Morgan fingerprint density at radius 2 is 1.74 bits per heavy atom. The molecular weight excluding hydrogens is 278 g/mol. The molecule has 0 spiro atoms. The van der Waals surface area contributed by atoms with Crippen LogP contribution < -0.4 is 0 Å². The van der Waals surface area contributed by atoms with Gasteiger partial charge in [0.15, 0.2) is 0 Å². The highest BCUT2D eigenvalue weighted by molar-refractivity contribution is 5.27. The quantitative estimate of drug-likeness (QED) is 0.494. The van der Waals surface area contributed by atoms with Crippen LogP contribution in [0.5, 0.6) is 0 Å². The number of rotatable bonds is 8. The van der Waals surface area contributed by atoms with E-state index in [4.69, 9.17) is 0 Å². The predicted molar refractivity (Wildman–Crippen MR) is 98.4 cm³/mol. The van der Waals surface area contributed by atoms with Crippen molar-refractivity contribution in [2.45, 2.75) is 84.0 Å². The van der Waals surface area contributed by atoms with Gasteiger partial charge in [-0.15, -0.1) is 0 Å². The molecule has 0 amide bonds. The highest BCUT2D eigenvalue weighted by Gasteiger charge is 2.31. The Morgan fingerprint density at radius 1 is 1.00 bits per heavy atom. The summed E-state index contributed by atoms with van der Waals surface area (Å²) < 4.78 is 0. The van der Waals surface area contributed by atoms with Gasteiger partial charge in [-0.05, 0) is 55.1 Å². The van der Waals surface area contributed by atoms with Crippen LogP contribution in [-0.2, 0) is 6.42 Å². The van der Waals surface area contributed by atoms with Crippen molar-refractivity contribution in [3.63, 3.8) is 0 Å². The van der Waals surface area contributed by atoms with E-state index in [2.05, 4.69) is 44.2 Å². The lowest BCUT2D eigenvalue weighted by Gasteiger charge is -2.33. The van der Waals surface area contributed by atoms with Crippen LogP contribution in [0.3, 0.4) is 0 Å². The smallest absolute Gasteiger partial charge is 0.0662 e. The minimum atomic E-state index is 0.219. The average Bonchev–Trinajstić information content (AvgIpc) is 2.60. The Hall–Kier alpha value is -1.29. The fourth-order valence-corrected chi connectivity index (χ4v) is 4.06. The number of hydrogen-bond donors (Lipinski definition) is 0. The van der Waals surface area contributed by atoms with E-state index in [9.17, 15) is 5.26 Å². The van der Waals surface area contributed by atoms with Gasteiger partial charge in [0.1, 0.15) is 0 Å². The van der Waals surface area contributed by atoms with Gasteiger partial charge in [-0.2, -0.15) is 5.26 Å². The van der Waals surface area contributed by atoms with Crippen molar-refractivity contribution < 1.29 is 0 Å². The van der Waals surface area contributed by atoms with Crippen LogP contribution in [0.25, 0.3) is 0 Å². The van der Waals surface area contributed by atoms with Gasteiger partial charge >= 0.3 is 0 Å². The molecule has 0 N–H and O–H groups in total. The molecule has 3 atom stereocenters. The number of nitriles is 1. The molecule has 1 aromatic rings. The van der Waals surface area contributed by atoms with Gasteiger partial charge in [-0.3, -0.25) is 0 Å². The fourth-order valence-electron chi connectivity index (χ4n) is 4.06. The average molecular weight is 312 g/mol. The van der Waals surface area contributed by atoms with E-state index in [1.54, 1.807) is 0 Å². The third kappa shape index (κ3) is 5.38. The van der Waals surface area contributed by atoms with Crippen LogP contribution in [0, 0.1) is 23.2 Å². The predicted octanol–water partition coefficient (Wildman–Crippen LogP) is 6.63. The van der Waals surface area contributed by atoms with Crippen molar-refractivity contribution in [3.05, 3.63) is 35.4 Å². The van der Waals surface area contributed by atoms with Crippen LogP contribution in [-0.4, -0.2) is 0 Å². The van der Waals surface area contributed by atoms with E-state index in [0.717, 1.165) is 12.3 Å². The maximum atomic E-state index is 9.63. The van der Waals surface area contributed by atoms with Crippen molar-refractivity contribution in [1.29, 1.82) is 5.26 Å². The van der Waals surface area contributed by atoms with E-state index in [1.165, 1.54) is 68.9 Å². The van der Waals surface area contributed by atoms with Gasteiger partial charge < -0.3 is 0 Å². The van der Waals surface area contributed by atoms with Gasteiger partial charge in [0.2, 0.25) is 0 Å².